The van der Waals surface area contributed by atoms with Crippen LogP contribution in [0.25, 0.3) is 0 Å². The molecule has 0 radical (unpaired) electrons. The topological polar surface area (TPSA) is 34.7 Å². The average molecular weight is 171 g/mol. The van der Waals surface area contributed by atoms with Crippen LogP contribution < -0.4 is 0 Å². The van der Waals surface area contributed by atoms with Crippen molar-refractivity contribution in [3.8, 4) is 0 Å². The predicted molar refractivity (Wildman–Crippen MR) is 53.3 cm³/mol. The molecule has 0 unspecified atom stereocenters. The Morgan fingerprint density at radius 1 is 1.42 bits per heavy atom. The molecular weight excluding hydrogens is 150 g/mol. The SMILES string of the molecule is C=CCCC1CCN(C)CC1.O. The van der Waals surface area contributed by atoms with E-state index in [9.17, 15) is 0 Å². The standard InChI is InChI=1S/C10H19N.H2O/c1-3-4-5-10-6-8-11(2)9-7-10;/h3,10H,1,4-9H2,2H3;1H2. The summed E-state index contributed by atoms with van der Waals surface area (Å²) in [5, 5.41) is 0. The lowest BCUT2D eigenvalue weighted by molar-refractivity contribution is 0.213. The van der Waals surface area contributed by atoms with E-state index in [1.807, 2.05) is 6.08 Å². The van der Waals surface area contributed by atoms with Crippen LogP contribution in [0.3, 0.4) is 0 Å². The molecule has 1 rings (SSSR count). The molecule has 0 saturated carbocycles. The lowest BCUT2D eigenvalue weighted by atomic mass is 9.92. The quantitative estimate of drug-likeness (QED) is 0.592. The molecule has 1 heterocycles. The fraction of sp³-hybridized carbons (Fsp3) is 0.800. The number of nitrogens with zero attached hydrogens (tertiary/aromatic N) is 1. The van der Waals surface area contributed by atoms with Gasteiger partial charge >= 0.3 is 0 Å². The van der Waals surface area contributed by atoms with Gasteiger partial charge in [-0.3, -0.25) is 0 Å². The summed E-state index contributed by atoms with van der Waals surface area (Å²) < 4.78 is 0. The van der Waals surface area contributed by atoms with Gasteiger partial charge in [-0.1, -0.05) is 6.08 Å². The number of hydrogen-bond donors (Lipinski definition) is 0. The van der Waals surface area contributed by atoms with Crippen LogP contribution in [-0.2, 0) is 0 Å². The molecule has 0 aromatic rings. The Labute approximate surface area is 75.6 Å². The van der Waals surface area contributed by atoms with Crippen molar-refractivity contribution in [2.45, 2.75) is 25.7 Å². The predicted octanol–water partition coefficient (Wildman–Crippen LogP) is 1.47. The highest BCUT2D eigenvalue weighted by Crippen LogP contribution is 2.20. The second-order valence-corrected chi connectivity index (χ2v) is 3.61. The fourth-order valence-electron chi connectivity index (χ4n) is 1.70. The van der Waals surface area contributed by atoms with Gasteiger partial charge in [0, 0.05) is 0 Å². The molecular formula is C10H21NO. The minimum atomic E-state index is 0. The zero-order chi connectivity index (χ0) is 8.10. The minimum absolute atomic E-state index is 0. The summed E-state index contributed by atoms with van der Waals surface area (Å²) in [4.78, 5) is 2.42. The Hall–Kier alpha value is -0.340. The van der Waals surface area contributed by atoms with Crippen LogP contribution in [0.1, 0.15) is 25.7 Å². The van der Waals surface area contributed by atoms with E-state index < -0.39 is 0 Å². The number of allylic oxidation sites excluding steroid dienone is 1. The molecule has 12 heavy (non-hydrogen) atoms. The maximum absolute atomic E-state index is 3.75. The van der Waals surface area contributed by atoms with Gasteiger partial charge in [0.2, 0.25) is 0 Å². The zero-order valence-electron chi connectivity index (χ0n) is 8.05. The third-order valence-electron chi connectivity index (χ3n) is 2.62. The average Bonchev–Trinajstić information content (AvgIpc) is 2.04. The van der Waals surface area contributed by atoms with Gasteiger partial charge in [0.05, 0.1) is 0 Å². The number of hydrogen-bond acceptors (Lipinski definition) is 1. The van der Waals surface area contributed by atoms with E-state index in [1.165, 1.54) is 38.8 Å². The van der Waals surface area contributed by atoms with Crippen LogP contribution in [0, 0.1) is 5.92 Å². The van der Waals surface area contributed by atoms with Gasteiger partial charge in [0.25, 0.3) is 0 Å². The van der Waals surface area contributed by atoms with E-state index >= 15 is 0 Å². The maximum Gasteiger partial charge on any atom is -0.00191 e. The highest BCUT2D eigenvalue weighted by atomic mass is 16.0. The van der Waals surface area contributed by atoms with E-state index in [0.29, 0.717) is 0 Å². The lowest BCUT2D eigenvalue weighted by Gasteiger charge is -2.28. The van der Waals surface area contributed by atoms with Gasteiger partial charge in [-0.25, -0.2) is 0 Å². The summed E-state index contributed by atoms with van der Waals surface area (Å²) in [6, 6.07) is 0. The van der Waals surface area contributed by atoms with Gasteiger partial charge in [-0.2, -0.15) is 0 Å². The first-order valence-corrected chi connectivity index (χ1v) is 4.62. The molecule has 0 spiro atoms. The number of piperidine rings is 1. The van der Waals surface area contributed by atoms with Crippen LogP contribution in [0.2, 0.25) is 0 Å². The summed E-state index contributed by atoms with van der Waals surface area (Å²) in [7, 11) is 2.21. The summed E-state index contributed by atoms with van der Waals surface area (Å²) in [5.74, 6) is 0.976. The number of likely N-dealkylation sites (tertiary alicyclic amines) is 1. The Balaban J connectivity index is 0.00000121. The van der Waals surface area contributed by atoms with Gasteiger partial charge in [0.1, 0.15) is 0 Å². The Morgan fingerprint density at radius 3 is 2.50 bits per heavy atom. The van der Waals surface area contributed by atoms with E-state index in [-0.39, 0.29) is 5.48 Å². The van der Waals surface area contributed by atoms with Gasteiger partial charge in [-0.05, 0) is 51.7 Å². The third-order valence-corrected chi connectivity index (χ3v) is 2.62. The van der Waals surface area contributed by atoms with Crippen molar-refractivity contribution < 1.29 is 5.48 Å². The molecule has 0 atom stereocenters. The Morgan fingerprint density at radius 2 is 2.00 bits per heavy atom. The summed E-state index contributed by atoms with van der Waals surface area (Å²) in [6.45, 7) is 6.34. The van der Waals surface area contributed by atoms with Crippen molar-refractivity contribution in [1.82, 2.24) is 4.90 Å². The van der Waals surface area contributed by atoms with Crippen molar-refractivity contribution in [2.24, 2.45) is 5.92 Å². The fourth-order valence-corrected chi connectivity index (χ4v) is 1.70. The molecule has 2 heteroatoms. The van der Waals surface area contributed by atoms with E-state index in [1.54, 1.807) is 0 Å². The monoisotopic (exact) mass is 171 g/mol. The number of rotatable bonds is 3. The molecule has 0 amide bonds. The van der Waals surface area contributed by atoms with E-state index in [2.05, 4.69) is 18.5 Å². The van der Waals surface area contributed by atoms with Crippen molar-refractivity contribution in [3.05, 3.63) is 12.7 Å². The lowest BCUT2D eigenvalue weighted by Crippen LogP contribution is -2.30. The van der Waals surface area contributed by atoms with Crippen LogP contribution in [0.5, 0.6) is 0 Å². The van der Waals surface area contributed by atoms with Crippen LogP contribution in [-0.4, -0.2) is 30.5 Å². The smallest absolute Gasteiger partial charge is 0.00191 e. The van der Waals surface area contributed by atoms with E-state index in [4.69, 9.17) is 0 Å². The van der Waals surface area contributed by atoms with Crippen LogP contribution in [0.4, 0.5) is 0 Å². The normalized spacial score (nSPS) is 20.1. The third kappa shape index (κ3) is 3.88. The molecule has 1 aliphatic heterocycles. The van der Waals surface area contributed by atoms with Crippen molar-refractivity contribution in [1.29, 1.82) is 0 Å². The van der Waals surface area contributed by atoms with E-state index in [0.717, 1.165) is 5.92 Å². The molecule has 1 saturated heterocycles. The maximum atomic E-state index is 3.75. The first-order chi connectivity index (χ1) is 5.33. The minimum Gasteiger partial charge on any atom is -0.412 e. The Kier molecular flexibility index (Phi) is 6.03. The second kappa shape index (κ2) is 6.21. The summed E-state index contributed by atoms with van der Waals surface area (Å²) in [6.07, 6.45) is 7.39. The summed E-state index contributed by atoms with van der Waals surface area (Å²) in [5.41, 5.74) is 0. The van der Waals surface area contributed by atoms with Crippen molar-refractivity contribution in [3.63, 3.8) is 0 Å². The zero-order valence-corrected chi connectivity index (χ0v) is 8.05. The van der Waals surface area contributed by atoms with Gasteiger partial charge in [0.15, 0.2) is 0 Å². The molecule has 1 fully saturated rings. The molecule has 72 valence electrons. The van der Waals surface area contributed by atoms with Crippen LogP contribution >= 0.6 is 0 Å². The first-order valence-electron chi connectivity index (χ1n) is 4.62. The molecule has 2 nitrogen and oxygen atoms in total. The molecule has 0 aromatic carbocycles. The highest BCUT2D eigenvalue weighted by Gasteiger charge is 2.14. The first kappa shape index (κ1) is 11.7. The Bertz CT molecular complexity index is 117. The molecule has 0 aliphatic carbocycles. The van der Waals surface area contributed by atoms with Gasteiger partial charge in [-0.15, -0.1) is 6.58 Å². The molecule has 0 bridgehead atoms. The molecule has 1 aliphatic rings. The van der Waals surface area contributed by atoms with Crippen LogP contribution in [0.15, 0.2) is 12.7 Å². The highest BCUT2D eigenvalue weighted by molar-refractivity contribution is 4.74. The van der Waals surface area contributed by atoms with Crippen molar-refractivity contribution in [2.75, 3.05) is 20.1 Å². The summed E-state index contributed by atoms with van der Waals surface area (Å²) >= 11 is 0. The largest absolute Gasteiger partial charge is 0.412 e. The van der Waals surface area contributed by atoms with Gasteiger partial charge < -0.3 is 10.4 Å². The second-order valence-electron chi connectivity index (χ2n) is 3.61. The molecule has 0 aromatic heterocycles. The molecule has 2 N–H and O–H groups in total. The van der Waals surface area contributed by atoms with Crippen molar-refractivity contribution >= 4 is 0 Å².